The number of hydrogen-bond donors (Lipinski definition) is 2. The predicted octanol–water partition coefficient (Wildman–Crippen LogP) is 3.65. The van der Waals surface area contributed by atoms with E-state index >= 15 is 0 Å². The molecule has 2 N–H and O–H groups in total. The maximum absolute atomic E-state index is 5.16. The quantitative estimate of drug-likeness (QED) is 0.543. The summed E-state index contributed by atoms with van der Waals surface area (Å²) in [5.74, 6) is 2.97. The fourth-order valence-corrected chi connectivity index (χ4v) is 3.11. The van der Waals surface area contributed by atoms with E-state index in [2.05, 4.69) is 25.1 Å². The third-order valence-corrected chi connectivity index (χ3v) is 4.48. The summed E-state index contributed by atoms with van der Waals surface area (Å²) in [7, 11) is 1.65. The van der Waals surface area contributed by atoms with Gasteiger partial charge in [0.1, 0.15) is 11.6 Å². The number of aromatic nitrogens is 5. The molecule has 0 aliphatic rings. The van der Waals surface area contributed by atoms with Crippen LogP contribution in [0.4, 0.5) is 0 Å². The van der Waals surface area contributed by atoms with E-state index in [4.69, 9.17) is 4.74 Å². The molecule has 0 radical (unpaired) electrons. The molecule has 0 saturated carbocycles. The summed E-state index contributed by atoms with van der Waals surface area (Å²) in [4.78, 5) is 12.4. The molecule has 0 saturated heterocycles. The topological polar surface area (TPSA) is 79.5 Å². The zero-order valence-electron chi connectivity index (χ0n) is 13.0. The highest BCUT2D eigenvalue weighted by molar-refractivity contribution is 7.98. The SMILES string of the molecule is COc1ccc(-c2n[nH]c(CSc3nc4ccccc4[nH]3)n2)cc1. The number of nitrogens with zero attached hydrogens (tertiary/aromatic N) is 3. The number of ether oxygens (including phenoxy) is 1. The summed E-state index contributed by atoms with van der Waals surface area (Å²) in [6.07, 6.45) is 0. The highest BCUT2D eigenvalue weighted by Crippen LogP contribution is 2.23. The first-order chi connectivity index (χ1) is 11.8. The van der Waals surface area contributed by atoms with Gasteiger partial charge in [-0.15, -0.1) is 0 Å². The van der Waals surface area contributed by atoms with Crippen LogP contribution < -0.4 is 4.74 Å². The van der Waals surface area contributed by atoms with Gasteiger partial charge in [0.2, 0.25) is 0 Å². The highest BCUT2D eigenvalue weighted by Gasteiger charge is 2.08. The van der Waals surface area contributed by atoms with E-state index < -0.39 is 0 Å². The number of thioether (sulfide) groups is 1. The van der Waals surface area contributed by atoms with Gasteiger partial charge in [0.15, 0.2) is 11.0 Å². The minimum Gasteiger partial charge on any atom is -0.497 e. The Bertz CT molecular complexity index is 927. The molecule has 0 atom stereocenters. The van der Waals surface area contributed by atoms with E-state index in [1.165, 1.54) is 0 Å². The van der Waals surface area contributed by atoms with Crippen LogP contribution in [0.3, 0.4) is 0 Å². The van der Waals surface area contributed by atoms with E-state index in [1.54, 1.807) is 18.9 Å². The largest absolute Gasteiger partial charge is 0.497 e. The van der Waals surface area contributed by atoms with Gasteiger partial charge in [-0.25, -0.2) is 9.97 Å². The monoisotopic (exact) mass is 337 g/mol. The lowest BCUT2D eigenvalue weighted by atomic mass is 10.2. The van der Waals surface area contributed by atoms with Crippen LogP contribution >= 0.6 is 11.8 Å². The molecule has 0 spiro atoms. The number of aromatic amines is 2. The summed E-state index contributed by atoms with van der Waals surface area (Å²) >= 11 is 1.59. The Labute approximate surface area is 142 Å². The summed E-state index contributed by atoms with van der Waals surface area (Å²) < 4.78 is 5.16. The van der Waals surface area contributed by atoms with E-state index in [0.717, 1.165) is 33.3 Å². The van der Waals surface area contributed by atoms with E-state index in [1.807, 2.05) is 48.5 Å². The Hall–Kier alpha value is -2.80. The van der Waals surface area contributed by atoms with Gasteiger partial charge in [-0.3, -0.25) is 5.10 Å². The third-order valence-electron chi connectivity index (χ3n) is 3.59. The molecule has 0 aliphatic heterocycles. The second kappa shape index (κ2) is 6.37. The van der Waals surface area contributed by atoms with Gasteiger partial charge in [-0.1, -0.05) is 23.9 Å². The van der Waals surface area contributed by atoms with Crippen molar-refractivity contribution < 1.29 is 4.74 Å². The smallest absolute Gasteiger partial charge is 0.181 e. The molecule has 7 heteroatoms. The highest BCUT2D eigenvalue weighted by atomic mass is 32.2. The Balaban J connectivity index is 1.46. The minimum absolute atomic E-state index is 0.670. The van der Waals surface area contributed by atoms with E-state index in [-0.39, 0.29) is 0 Å². The molecule has 24 heavy (non-hydrogen) atoms. The number of methoxy groups -OCH3 is 1. The molecule has 0 fully saturated rings. The van der Waals surface area contributed by atoms with Crippen LogP contribution in [-0.4, -0.2) is 32.3 Å². The van der Waals surface area contributed by atoms with Gasteiger partial charge in [-0.05, 0) is 36.4 Å². The van der Waals surface area contributed by atoms with Crippen molar-refractivity contribution in [3.63, 3.8) is 0 Å². The molecule has 2 aromatic heterocycles. The summed E-state index contributed by atoms with van der Waals surface area (Å²) in [5, 5.41) is 8.13. The van der Waals surface area contributed by atoms with Crippen molar-refractivity contribution in [1.82, 2.24) is 25.1 Å². The molecule has 120 valence electrons. The second-order valence-electron chi connectivity index (χ2n) is 5.18. The van der Waals surface area contributed by atoms with Crippen LogP contribution in [-0.2, 0) is 5.75 Å². The van der Waals surface area contributed by atoms with Crippen LogP contribution in [0.5, 0.6) is 5.75 Å². The summed E-state index contributed by atoms with van der Waals surface area (Å²) in [6.45, 7) is 0. The van der Waals surface area contributed by atoms with Gasteiger partial charge < -0.3 is 9.72 Å². The molecule has 4 aromatic rings. The van der Waals surface area contributed by atoms with Crippen molar-refractivity contribution in [3.8, 4) is 17.1 Å². The van der Waals surface area contributed by atoms with E-state index in [9.17, 15) is 0 Å². The minimum atomic E-state index is 0.670. The lowest BCUT2D eigenvalue weighted by Crippen LogP contribution is -1.86. The first-order valence-corrected chi connectivity index (χ1v) is 8.43. The number of H-pyrrole nitrogens is 2. The molecule has 0 amide bonds. The average molecular weight is 337 g/mol. The number of rotatable bonds is 5. The standard InChI is InChI=1S/C17H15N5OS/c1-23-12-8-6-11(7-9-12)16-20-15(21-22-16)10-24-17-18-13-4-2-3-5-14(13)19-17/h2-9H,10H2,1H3,(H,18,19)(H,20,21,22). The van der Waals surface area contributed by atoms with E-state index in [0.29, 0.717) is 11.6 Å². The van der Waals surface area contributed by atoms with Crippen molar-refractivity contribution in [1.29, 1.82) is 0 Å². The van der Waals surface area contributed by atoms with Crippen LogP contribution in [0.25, 0.3) is 22.4 Å². The summed E-state index contributed by atoms with van der Waals surface area (Å²) in [6, 6.07) is 15.7. The molecule has 4 rings (SSSR count). The number of benzene rings is 2. The van der Waals surface area contributed by atoms with Crippen LogP contribution in [0.2, 0.25) is 0 Å². The molecule has 6 nitrogen and oxygen atoms in total. The number of nitrogens with one attached hydrogen (secondary N) is 2. The lowest BCUT2D eigenvalue weighted by Gasteiger charge is -1.99. The van der Waals surface area contributed by atoms with Crippen LogP contribution in [0.1, 0.15) is 5.82 Å². The fourth-order valence-electron chi connectivity index (χ4n) is 2.36. The zero-order chi connectivity index (χ0) is 16.4. The van der Waals surface area contributed by atoms with Crippen molar-refractivity contribution in [2.75, 3.05) is 7.11 Å². The Morgan fingerprint density at radius 2 is 1.88 bits per heavy atom. The predicted molar refractivity (Wildman–Crippen MR) is 94.0 cm³/mol. The number of imidazole rings is 1. The molecular weight excluding hydrogens is 322 g/mol. The Morgan fingerprint density at radius 3 is 2.67 bits per heavy atom. The Morgan fingerprint density at radius 1 is 1.04 bits per heavy atom. The van der Waals surface area contributed by atoms with Gasteiger partial charge in [-0.2, -0.15) is 5.10 Å². The first kappa shape index (κ1) is 14.8. The normalized spacial score (nSPS) is 11.0. The third kappa shape index (κ3) is 2.98. The van der Waals surface area contributed by atoms with Gasteiger partial charge in [0.25, 0.3) is 0 Å². The number of para-hydroxylation sites is 2. The molecular formula is C17H15N5OS. The maximum atomic E-state index is 5.16. The average Bonchev–Trinajstić information content (AvgIpc) is 3.26. The first-order valence-electron chi connectivity index (χ1n) is 7.45. The van der Waals surface area contributed by atoms with Gasteiger partial charge in [0.05, 0.1) is 23.9 Å². The number of fused-ring (bicyclic) bond motifs is 1. The number of hydrogen-bond acceptors (Lipinski definition) is 5. The summed E-state index contributed by atoms with van der Waals surface area (Å²) in [5.41, 5.74) is 2.96. The van der Waals surface area contributed by atoms with Gasteiger partial charge >= 0.3 is 0 Å². The van der Waals surface area contributed by atoms with Gasteiger partial charge in [0, 0.05) is 5.56 Å². The molecule has 2 heterocycles. The Kier molecular flexibility index (Phi) is 3.92. The van der Waals surface area contributed by atoms with Crippen molar-refractivity contribution in [2.24, 2.45) is 0 Å². The lowest BCUT2D eigenvalue weighted by molar-refractivity contribution is 0.415. The molecule has 0 bridgehead atoms. The zero-order valence-corrected chi connectivity index (χ0v) is 13.8. The maximum Gasteiger partial charge on any atom is 0.181 e. The van der Waals surface area contributed by atoms with Crippen LogP contribution in [0.15, 0.2) is 53.7 Å². The van der Waals surface area contributed by atoms with Crippen LogP contribution in [0, 0.1) is 0 Å². The van der Waals surface area contributed by atoms with Crippen molar-refractivity contribution >= 4 is 22.8 Å². The molecule has 2 aromatic carbocycles. The molecule has 0 unspecified atom stereocenters. The van der Waals surface area contributed by atoms with Crippen molar-refractivity contribution in [3.05, 3.63) is 54.4 Å². The fraction of sp³-hybridized carbons (Fsp3) is 0.118. The van der Waals surface area contributed by atoms with Crippen molar-refractivity contribution in [2.45, 2.75) is 10.9 Å². The second-order valence-corrected chi connectivity index (χ2v) is 6.15. The molecule has 0 aliphatic carbocycles.